The molecule has 0 spiro atoms. The lowest BCUT2D eigenvalue weighted by Gasteiger charge is -2.21. The third-order valence-electron chi connectivity index (χ3n) is 2.53. The van der Waals surface area contributed by atoms with E-state index < -0.39 is 0 Å². The molecule has 4 heteroatoms. The van der Waals surface area contributed by atoms with Crippen LogP contribution in [-0.2, 0) is 6.42 Å². The Kier molecular flexibility index (Phi) is 3.65. The monoisotopic (exact) mass is 223 g/mol. The first kappa shape index (κ1) is 12.6. The van der Waals surface area contributed by atoms with Crippen molar-refractivity contribution in [1.82, 2.24) is 0 Å². The summed E-state index contributed by atoms with van der Waals surface area (Å²) in [6.07, 6.45) is 0.501. The maximum Gasteiger partial charge on any atom is 0.272 e. The molecule has 4 nitrogen and oxygen atoms in total. The van der Waals surface area contributed by atoms with Gasteiger partial charge in [-0.15, -0.1) is 0 Å². The summed E-state index contributed by atoms with van der Waals surface area (Å²) in [4.78, 5) is 10.5. The Labute approximate surface area is 95.1 Å². The minimum absolute atomic E-state index is 0.0120. The Morgan fingerprint density at radius 1 is 1.44 bits per heavy atom. The molecule has 0 fully saturated rings. The van der Waals surface area contributed by atoms with Gasteiger partial charge < -0.3 is 5.11 Å². The predicted octanol–water partition coefficient (Wildman–Crippen LogP) is 2.46. The Morgan fingerprint density at radius 3 is 2.56 bits per heavy atom. The van der Waals surface area contributed by atoms with Crippen LogP contribution in [0.5, 0.6) is 0 Å². The summed E-state index contributed by atoms with van der Waals surface area (Å²) in [7, 11) is 0. The van der Waals surface area contributed by atoms with Gasteiger partial charge >= 0.3 is 0 Å². The highest BCUT2D eigenvalue weighted by atomic mass is 16.6. The number of aryl methyl sites for hydroxylation is 1. The molecule has 88 valence electrons. The van der Waals surface area contributed by atoms with Gasteiger partial charge in [0.25, 0.3) is 5.69 Å². The van der Waals surface area contributed by atoms with Crippen molar-refractivity contribution in [3.63, 3.8) is 0 Å². The number of hydrogen-bond donors (Lipinski definition) is 1. The van der Waals surface area contributed by atoms with Crippen LogP contribution in [0.1, 0.15) is 25.0 Å². The van der Waals surface area contributed by atoms with Crippen LogP contribution in [0, 0.1) is 22.5 Å². The van der Waals surface area contributed by atoms with E-state index in [2.05, 4.69) is 0 Å². The largest absolute Gasteiger partial charge is 0.396 e. The first-order chi connectivity index (χ1) is 7.35. The number of hydrogen-bond acceptors (Lipinski definition) is 3. The second kappa shape index (κ2) is 4.61. The van der Waals surface area contributed by atoms with Crippen molar-refractivity contribution in [2.45, 2.75) is 27.2 Å². The summed E-state index contributed by atoms with van der Waals surface area (Å²) < 4.78 is 0. The van der Waals surface area contributed by atoms with Crippen LogP contribution in [-0.4, -0.2) is 16.6 Å². The highest BCUT2D eigenvalue weighted by Crippen LogP contribution is 2.28. The van der Waals surface area contributed by atoms with Gasteiger partial charge in [0.15, 0.2) is 0 Å². The fourth-order valence-electron chi connectivity index (χ4n) is 1.61. The van der Waals surface area contributed by atoms with Crippen LogP contribution >= 0.6 is 0 Å². The van der Waals surface area contributed by atoms with Gasteiger partial charge in [-0.2, -0.15) is 0 Å². The third-order valence-corrected chi connectivity index (χ3v) is 2.53. The van der Waals surface area contributed by atoms with E-state index in [1.165, 1.54) is 6.07 Å². The van der Waals surface area contributed by atoms with Gasteiger partial charge in [0, 0.05) is 18.2 Å². The second-order valence-electron chi connectivity index (χ2n) is 4.89. The Hall–Kier alpha value is -1.42. The summed E-state index contributed by atoms with van der Waals surface area (Å²) in [6.45, 7) is 5.69. The van der Waals surface area contributed by atoms with Gasteiger partial charge in [-0.3, -0.25) is 10.1 Å². The minimum Gasteiger partial charge on any atom is -0.396 e. The van der Waals surface area contributed by atoms with E-state index in [9.17, 15) is 15.2 Å². The van der Waals surface area contributed by atoms with Gasteiger partial charge in [-0.1, -0.05) is 25.5 Å². The van der Waals surface area contributed by atoms with Crippen molar-refractivity contribution >= 4 is 5.69 Å². The van der Waals surface area contributed by atoms with Crippen molar-refractivity contribution in [3.05, 3.63) is 39.4 Å². The van der Waals surface area contributed by atoms with Crippen LogP contribution in [0.2, 0.25) is 0 Å². The minimum atomic E-state index is -0.373. The molecular weight excluding hydrogens is 206 g/mol. The molecule has 0 unspecified atom stereocenters. The standard InChI is InChI=1S/C12H17NO3/c1-9-4-5-11(13(15)16)10(6-9)7-12(2,3)8-14/h4-6,14H,7-8H2,1-3H3. The highest BCUT2D eigenvalue weighted by molar-refractivity contribution is 5.43. The van der Waals surface area contributed by atoms with Gasteiger partial charge in [0.05, 0.1) is 4.92 Å². The number of nitro groups is 1. The van der Waals surface area contributed by atoms with Crippen LogP contribution in [0.25, 0.3) is 0 Å². The van der Waals surface area contributed by atoms with E-state index in [1.807, 2.05) is 26.8 Å². The van der Waals surface area contributed by atoms with E-state index in [1.54, 1.807) is 6.07 Å². The molecule has 0 aliphatic carbocycles. The lowest BCUT2D eigenvalue weighted by molar-refractivity contribution is -0.385. The van der Waals surface area contributed by atoms with Crippen LogP contribution in [0.4, 0.5) is 5.69 Å². The molecule has 0 bridgehead atoms. The van der Waals surface area contributed by atoms with Crippen molar-refractivity contribution in [2.24, 2.45) is 5.41 Å². The molecule has 0 saturated heterocycles. The number of aliphatic hydroxyl groups is 1. The maximum atomic E-state index is 10.9. The first-order valence-corrected chi connectivity index (χ1v) is 5.20. The van der Waals surface area contributed by atoms with Crippen LogP contribution in [0.15, 0.2) is 18.2 Å². The molecule has 0 aliphatic heterocycles. The predicted molar refractivity (Wildman–Crippen MR) is 62.4 cm³/mol. The average molecular weight is 223 g/mol. The first-order valence-electron chi connectivity index (χ1n) is 5.20. The molecule has 0 aromatic heterocycles. The van der Waals surface area contributed by atoms with E-state index in [0.29, 0.717) is 12.0 Å². The van der Waals surface area contributed by atoms with Crippen LogP contribution in [0.3, 0.4) is 0 Å². The molecule has 1 rings (SSSR count). The molecule has 0 aliphatic rings. The Morgan fingerprint density at radius 2 is 2.06 bits per heavy atom. The molecule has 0 heterocycles. The van der Waals surface area contributed by atoms with Crippen molar-refractivity contribution in [2.75, 3.05) is 6.61 Å². The van der Waals surface area contributed by atoms with E-state index >= 15 is 0 Å². The molecule has 1 aromatic carbocycles. The normalized spacial score (nSPS) is 11.5. The fourth-order valence-corrected chi connectivity index (χ4v) is 1.61. The quantitative estimate of drug-likeness (QED) is 0.630. The van der Waals surface area contributed by atoms with Crippen molar-refractivity contribution in [1.29, 1.82) is 0 Å². The Balaban J connectivity index is 3.10. The number of rotatable bonds is 4. The zero-order valence-electron chi connectivity index (χ0n) is 9.86. The van der Waals surface area contributed by atoms with Gasteiger partial charge in [0.2, 0.25) is 0 Å². The zero-order chi connectivity index (χ0) is 12.3. The topological polar surface area (TPSA) is 63.4 Å². The number of nitro benzene ring substituents is 1. The molecule has 0 saturated carbocycles. The fraction of sp³-hybridized carbons (Fsp3) is 0.500. The zero-order valence-corrected chi connectivity index (χ0v) is 9.86. The van der Waals surface area contributed by atoms with Gasteiger partial charge in [0.1, 0.15) is 0 Å². The van der Waals surface area contributed by atoms with E-state index in [-0.39, 0.29) is 22.6 Å². The SMILES string of the molecule is Cc1ccc([N+](=O)[O-])c(CC(C)(C)CO)c1. The maximum absolute atomic E-state index is 10.9. The number of benzene rings is 1. The smallest absolute Gasteiger partial charge is 0.272 e. The molecule has 0 radical (unpaired) electrons. The highest BCUT2D eigenvalue weighted by Gasteiger charge is 2.22. The molecular formula is C12H17NO3. The molecule has 1 aromatic rings. The number of nitrogens with zero attached hydrogens (tertiary/aromatic N) is 1. The second-order valence-corrected chi connectivity index (χ2v) is 4.89. The lowest BCUT2D eigenvalue weighted by atomic mass is 9.86. The summed E-state index contributed by atoms with van der Waals surface area (Å²) in [5, 5.41) is 20.0. The number of aliphatic hydroxyl groups excluding tert-OH is 1. The molecule has 0 amide bonds. The van der Waals surface area contributed by atoms with Crippen molar-refractivity contribution < 1.29 is 10.0 Å². The summed E-state index contributed by atoms with van der Waals surface area (Å²) in [5.41, 5.74) is 1.48. The van der Waals surface area contributed by atoms with E-state index in [0.717, 1.165) is 5.56 Å². The Bertz CT molecular complexity index is 399. The summed E-state index contributed by atoms with van der Waals surface area (Å²) in [6, 6.07) is 5.07. The lowest BCUT2D eigenvalue weighted by Crippen LogP contribution is -2.20. The van der Waals surface area contributed by atoms with E-state index in [4.69, 9.17) is 0 Å². The van der Waals surface area contributed by atoms with Gasteiger partial charge in [-0.25, -0.2) is 0 Å². The van der Waals surface area contributed by atoms with Crippen molar-refractivity contribution in [3.8, 4) is 0 Å². The average Bonchev–Trinajstić information content (AvgIpc) is 2.16. The summed E-state index contributed by atoms with van der Waals surface area (Å²) in [5.74, 6) is 0. The summed E-state index contributed by atoms with van der Waals surface area (Å²) >= 11 is 0. The third kappa shape index (κ3) is 3.03. The van der Waals surface area contributed by atoms with Crippen LogP contribution < -0.4 is 0 Å². The molecule has 16 heavy (non-hydrogen) atoms. The molecule has 0 atom stereocenters. The van der Waals surface area contributed by atoms with Gasteiger partial charge in [-0.05, 0) is 24.8 Å². The molecule has 1 N–H and O–H groups in total.